The van der Waals surface area contributed by atoms with Crippen LogP contribution in [-0.2, 0) is 7.05 Å². The number of hydrogen-bond donors (Lipinski definition) is 0. The third-order valence-electron chi connectivity index (χ3n) is 5.07. The van der Waals surface area contributed by atoms with Crippen LogP contribution in [0.25, 0.3) is 22.3 Å². The molecule has 3 heterocycles. The number of carbonyl (C=O) groups excluding carboxylic acids is 2. The van der Waals surface area contributed by atoms with Crippen LogP contribution in [0.15, 0.2) is 60.8 Å². The number of nitrogens with zero attached hydrogens (tertiary/aromatic N) is 5. The van der Waals surface area contributed by atoms with Gasteiger partial charge in [0.1, 0.15) is 11.4 Å². The van der Waals surface area contributed by atoms with E-state index >= 15 is 0 Å². The maximum atomic E-state index is 13.4. The van der Waals surface area contributed by atoms with Crippen molar-refractivity contribution in [1.82, 2.24) is 14.8 Å². The number of imide groups is 1. The molecule has 0 N–H and O–H groups in total. The second kappa shape index (κ2) is 6.31. The van der Waals surface area contributed by atoms with Gasteiger partial charge in [-0.05, 0) is 6.07 Å². The van der Waals surface area contributed by atoms with E-state index in [2.05, 4.69) is 10.1 Å². The van der Waals surface area contributed by atoms with E-state index in [0.29, 0.717) is 16.7 Å². The van der Waals surface area contributed by atoms with Crippen LogP contribution in [0.4, 0.5) is 11.4 Å². The van der Waals surface area contributed by atoms with Gasteiger partial charge in [-0.1, -0.05) is 42.5 Å². The highest BCUT2D eigenvalue weighted by Crippen LogP contribution is 2.39. The van der Waals surface area contributed by atoms with Gasteiger partial charge in [-0.25, -0.2) is 14.6 Å². The molecule has 2 aromatic heterocycles. The topological polar surface area (TPSA) is 111 Å². The van der Waals surface area contributed by atoms with E-state index < -0.39 is 16.7 Å². The van der Waals surface area contributed by atoms with Gasteiger partial charge in [-0.2, -0.15) is 5.10 Å². The average Bonchev–Trinajstić information content (AvgIpc) is 3.22. The molecular weight excluding hydrogens is 386 g/mol. The lowest BCUT2D eigenvalue weighted by Crippen LogP contribution is -2.30. The monoisotopic (exact) mass is 399 g/mol. The van der Waals surface area contributed by atoms with Crippen LogP contribution in [0.3, 0.4) is 0 Å². The third-order valence-corrected chi connectivity index (χ3v) is 5.07. The number of aromatic nitrogens is 3. The fourth-order valence-corrected chi connectivity index (χ4v) is 3.75. The molecule has 2 amide bonds. The van der Waals surface area contributed by atoms with Gasteiger partial charge in [0.05, 0.1) is 21.4 Å². The Bertz CT molecular complexity index is 1380. The zero-order chi connectivity index (χ0) is 21.0. The highest BCUT2D eigenvalue weighted by atomic mass is 16.6. The number of anilines is 1. The first-order valence-electron chi connectivity index (χ1n) is 9.02. The molecule has 9 heteroatoms. The van der Waals surface area contributed by atoms with Gasteiger partial charge >= 0.3 is 0 Å². The molecule has 4 aromatic rings. The fraction of sp³-hybridized carbons (Fsp3) is 0.0476. The van der Waals surface area contributed by atoms with Crippen molar-refractivity contribution in [2.45, 2.75) is 0 Å². The zero-order valence-electron chi connectivity index (χ0n) is 15.6. The first-order valence-corrected chi connectivity index (χ1v) is 9.02. The van der Waals surface area contributed by atoms with Crippen molar-refractivity contribution in [3.63, 3.8) is 0 Å². The first kappa shape index (κ1) is 17.7. The summed E-state index contributed by atoms with van der Waals surface area (Å²) in [6.07, 6.45) is 1.32. The summed E-state index contributed by atoms with van der Waals surface area (Å²) >= 11 is 0. The van der Waals surface area contributed by atoms with Crippen LogP contribution in [-0.4, -0.2) is 31.5 Å². The van der Waals surface area contributed by atoms with E-state index in [4.69, 9.17) is 0 Å². The molecule has 0 atom stereocenters. The molecule has 9 nitrogen and oxygen atoms in total. The highest BCUT2D eigenvalue weighted by Gasteiger charge is 2.42. The lowest BCUT2D eigenvalue weighted by atomic mass is 10.0. The number of rotatable bonds is 3. The molecule has 0 saturated carbocycles. The Hall–Kier alpha value is -4.40. The second-order valence-corrected chi connectivity index (χ2v) is 6.78. The molecule has 0 bridgehead atoms. The van der Waals surface area contributed by atoms with Crippen molar-refractivity contribution in [3.05, 3.63) is 82.0 Å². The fourth-order valence-electron chi connectivity index (χ4n) is 3.75. The molecule has 1 aliphatic rings. The van der Waals surface area contributed by atoms with Gasteiger partial charge in [0.15, 0.2) is 5.65 Å². The Morgan fingerprint density at radius 3 is 2.40 bits per heavy atom. The highest BCUT2D eigenvalue weighted by molar-refractivity contribution is 6.38. The van der Waals surface area contributed by atoms with Crippen LogP contribution < -0.4 is 4.90 Å². The van der Waals surface area contributed by atoms with Gasteiger partial charge in [-0.3, -0.25) is 19.7 Å². The van der Waals surface area contributed by atoms with Gasteiger partial charge in [-0.15, -0.1) is 0 Å². The van der Waals surface area contributed by atoms with E-state index in [9.17, 15) is 19.7 Å². The predicted octanol–water partition coefficient (Wildman–Crippen LogP) is 3.34. The van der Waals surface area contributed by atoms with E-state index in [1.54, 1.807) is 17.8 Å². The number of carbonyl (C=O) groups is 2. The minimum absolute atomic E-state index is 0.0769. The lowest BCUT2D eigenvalue weighted by Gasteiger charge is -2.13. The van der Waals surface area contributed by atoms with Gasteiger partial charge < -0.3 is 0 Å². The summed E-state index contributed by atoms with van der Waals surface area (Å²) in [7, 11) is 1.70. The number of amides is 2. The summed E-state index contributed by atoms with van der Waals surface area (Å²) in [5, 5.41) is 16.4. The number of pyridine rings is 1. The maximum Gasteiger partial charge on any atom is 0.293 e. The SMILES string of the molecule is Cn1nc(-c2ccccc2)c2c3c(cnc21)C(=O)N(c1ccccc1[N+](=O)[O-])C3=O. The molecule has 2 aromatic carbocycles. The van der Waals surface area contributed by atoms with Crippen LogP contribution >= 0.6 is 0 Å². The molecule has 0 aliphatic carbocycles. The summed E-state index contributed by atoms with van der Waals surface area (Å²) in [6.45, 7) is 0. The number of para-hydroxylation sites is 2. The molecule has 0 spiro atoms. The van der Waals surface area contributed by atoms with Crippen molar-refractivity contribution >= 4 is 34.2 Å². The van der Waals surface area contributed by atoms with Crippen LogP contribution in [0, 0.1) is 10.1 Å². The van der Waals surface area contributed by atoms with Crippen LogP contribution in [0.5, 0.6) is 0 Å². The van der Waals surface area contributed by atoms with E-state index in [1.807, 2.05) is 30.3 Å². The number of fused-ring (bicyclic) bond motifs is 3. The molecular formula is C21H13N5O4. The van der Waals surface area contributed by atoms with Crippen LogP contribution in [0.1, 0.15) is 20.7 Å². The molecule has 1 aliphatic heterocycles. The summed E-state index contributed by atoms with van der Waals surface area (Å²) < 4.78 is 1.54. The molecule has 30 heavy (non-hydrogen) atoms. The Labute approximate surface area is 169 Å². The number of benzene rings is 2. The Morgan fingerprint density at radius 1 is 0.967 bits per heavy atom. The Balaban J connectivity index is 1.78. The molecule has 146 valence electrons. The Kier molecular flexibility index (Phi) is 3.72. The molecule has 0 fully saturated rings. The largest absolute Gasteiger partial charge is 0.293 e. The van der Waals surface area contributed by atoms with Crippen molar-refractivity contribution in [2.24, 2.45) is 7.05 Å². The average molecular weight is 399 g/mol. The Morgan fingerprint density at radius 2 is 1.67 bits per heavy atom. The summed E-state index contributed by atoms with van der Waals surface area (Å²) in [6, 6.07) is 14.9. The van der Waals surface area contributed by atoms with Crippen molar-refractivity contribution in [2.75, 3.05) is 4.90 Å². The smallest absolute Gasteiger partial charge is 0.268 e. The summed E-state index contributed by atoms with van der Waals surface area (Å²) in [5.74, 6) is -1.29. The van der Waals surface area contributed by atoms with Gasteiger partial charge in [0.25, 0.3) is 17.5 Å². The van der Waals surface area contributed by atoms with Crippen LogP contribution in [0.2, 0.25) is 0 Å². The van der Waals surface area contributed by atoms with Crippen molar-refractivity contribution < 1.29 is 14.5 Å². The quantitative estimate of drug-likeness (QED) is 0.297. The standard InChI is InChI=1S/C21H13N5O4/c1-24-19-17(18(23-24)12-7-3-2-4-8-12)16-13(11-22-19)20(27)25(21(16)28)14-9-5-6-10-15(14)26(29)30/h2-11H,1H3. The number of hydrogen-bond acceptors (Lipinski definition) is 6. The second-order valence-electron chi connectivity index (χ2n) is 6.78. The predicted molar refractivity (Wildman–Crippen MR) is 108 cm³/mol. The van der Waals surface area contributed by atoms with E-state index in [1.165, 1.54) is 24.4 Å². The molecule has 0 saturated heterocycles. The third kappa shape index (κ3) is 2.35. The molecule has 0 unspecified atom stereocenters. The number of nitro benzene ring substituents is 1. The normalized spacial score (nSPS) is 13.2. The lowest BCUT2D eigenvalue weighted by molar-refractivity contribution is -0.384. The first-order chi connectivity index (χ1) is 14.5. The molecule has 0 radical (unpaired) electrons. The zero-order valence-corrected chi connectivity index (χ0v) is 15.6. The summed E-state index contributed by atoms with van der Waals surface area (Å²) in [4.78, 5) is 42.5. The number of aryl methyl sites for hydroxylation is 1. The van der Waals surface area contributed by atoms with E-state index in [-0.39, 0.29) is 22.5 Å². The van der Waals surface area contributed by atoms with Gasteiger partial charge in [0.2, 0.25) is 0 Å². The van der Waals surface area contributed by atoms with E-state index in [0.717, 1.165) is 10.5 Å². The maximum absolute atomic E-state index is 13.4. The summed E-state index contributed by atoms with van der Waals surface area (Å²) in [5.41, 5.74) is 1.56. The van der Waals surface area contributed by atoms with Crippen molar-refractivity contribution in [3.8, 4) is 11.3 Å². The minimum Gasteiger partial charge on any atom is -0.268 e. The number of nitro groups is 1. The minimum atomic E-state index is -0.651. The molecule has 5 rings (SSSR count). The van der Waals surface area contributed by atoms with Crippen molar-refractivity contribution in [1.29, 1.82) is 0 Å². The van der Waals surface area contributed by atoms with Gasteiger partial charge in [0, 0.05) is 24.9 Å².